The Morgan fingerprint density at radius 3 is 2.62 bits per heavy atom. The minimum Gasteiger partial charge on any atom is -0.441 e. The summed E-state index contributed by atoms with van der Waals surface area (Å²) in [4.78, 5) is 6.53. The maximum Gasteiger partial charge on any atom is 0.211 e. The Bertz CT molecular complexity index is 904. The van der Waals surface area contributed by atoms with Gasteiger partial charge in [-0.15, -0.1) is 0 Å². The lowest BCUT2D eigenvalue weighted by atomic mass is 9.74. The molecule has 0 aliphatic carbocycles. The third-order valence-electron chi connectivity index (χ3n) is 5.10. The van der Waals surface area contributed by atoms with Crippen molar-refractivity contribution < 1.29 is 9.47 Å². The molecule has 0 radical (unpaired) electrons. The van der Waals surface area contributed by atoms with E-state index in [0.29, 0.717) is 37.9 Å². The van der Waals surface area contributed by atoms with Gasteiger partial charge in [-0.1, -0.05) is 30.3 Å². The van der Waals surface area contributed by atoms with Gasteiger partial charge in [-0.2, -0.15) is 5.26 Å². The Morgan fingerprint density at radius 1 is 1.27 bits per heavy atom. The molecule has 1 aromatic rings. The third kappa shape index (κ3) is 2.09. The first-order valence-corrected chi connectivity index (χ1v) is 8.46. The second-order valence-corrected chi connectivity index (χ2v) is 6.41. The Morgan fingerprint density at radius 2 is 1.96 bits per heavy atom. The molecular formula is C19H19N5O2. The number of benzene rings is 1. The number of nitrogens with zero attached hydrogens (tertiary/aromatic N) is 3. The second kappa shape index (κ2) is 6.00. The molecule has 1 spiro atoms. The third-order valence-corrected chi connectivity index (χ3v) is 5.10. The predicted octanol–water partition coefficient (Wildman–Crippen LogP) is 1.85. The lowest BCUT2D eigenvalue weighted by Gasteiger charge is -2.36. The van der Waals surface area contributed by atoms with E-state index in [2.05, 4.69) is 11.1 Å². The molecule has 1 unspecified atom stereocenters. The Labute approximate surface area is 151 Å². The molecule has 0 saturated carbocycles. The molecule has 1 saturated heterocycles. The van der Waals surface area contributed by atoms with E-state index in [0.717, 1.165) is 11.1 Å². The van der Waals surface area contributed by atoms with E-state index >= 15 is 0 Å². The van der Waals surface area contributed by atoms with Crippen molar-refractivity contribution >= 4 is 17.5 Å². The van der Waals surface area contributed by atoms with Crippen LogP contribution in [0.1, 0.15) is 12.5 Å². The summed E-state index contributed by atoms with van der Waals surface area (Å²) >= 11 is 0. The zero-order valence-electron chi connectivity index (χ0n) is 14.5. The zero-order chi connectivity index (χ0) is 18.3. The van der Waals surface area contributed by atoms with E-state index in [4.69, 9.17) is 20.6 Å². The van der Waals surface area contributed by atoms with E-state index in [1.165, 1.54) is 0 Å². The van der Waals surface area contributed by atoms with Crippen molar-refractivity contribution in [3.8, 4) is 6.07 Å². The van der Waals surface area contributed by atoms with Crippen LogP contribution in [0.25, 0.3) is 5.76 Å². The molecule has 3 heterocycles. The molecule has 3 N–H and O–H groups in total. The molecule has 0 bridgehead atoms. The van der Waals surface area contributed by atoms with Crippen molar-refractivity contribution in [2.24, 2.45) is 16.1 Å². The van der Waals surface area contributed by atoms with E-state index in [1.807, 2.05) is 42.2 Å². The highest BCUT2D eigenvalue weighted by molar-refractivity contribution is 6.19. The lowest BCUT2D eigenvalue weighted by molar-refractivity contribution is 0.0661. The summed E-state index contributed by atoms with van der Waals surface area (Å²) in [5, 5.41) is 18.4. The van der Waals surface area contributed by atoms with Gasteiger partial charge in [0.2, 0.25) is 5.90 Å². The number of rotatable bonds is 1. The monoisotopic (exact) mass is 349 g/mol. The SMILES string of the molecule is CC1=C(c2ccccc2)OC(=N)C12C(N1CCOCC1)=NC(N)=C2C#N. The van der Waals surface area contributed by atoms with Crippen LogP contribution in [-0.4, -0.2) is 42.9 Å². The molecule has 1 atom stereocenters. The van der Waals surface area contributed by atoms with Crippen molar-refractivity contribution in [3.63, 3.8) is 0 Å². The van der Waals surface area contributed by atoms with Crippen molar-refractivity contribution in [1.29, 1.82) is 10.7 Å². The maximum atomic E-state index is 9.79. The van der Waals surface area contributed by atoms with Gasteiger partial charge >= 0.3 is 0 Å². The molecule has 1 fully saturated rings. The first-order chi connectivity index (χ1) is 12.6. The maximum absolute atomic E-state index is 9.79. The van der Waals surface area contributed by atoms with Crippen LogP contribution in [0.3, 0.4) is 0 Å². The van der Waals surface area contributed by atoms with Crippen LogP contribution in [0.2, 0.25) is 0 Å². The summed E-state index contributed by atoms with van der Waals surface area (Å²) in [5.41, 5.74) is 6.81. The molecule has 7 heteroatoms. The van der Waals surface area contributed by atoms with Gasteiger partial charge in [0, 0.05) is 18.7 Å². The fraction of sp³-hybridized carbons (Fsp3) is 0.316. The van der Waals surface area contributed by atoms with E-state index in [9.17, 15) is 5.26 Å². The van der Waals surface area contributed by atoms with Crippen LogP contribution in [0, 0.1) is 22.2 Å². The molecular weight excluding hydrogens is 330 g/mol. The lowest BCUT2D eigenvalue weighted by Crippen LogP contribution is -2.50. The molecule has 0 amide bonds. The quantitative estimate of drug-likeness (QED) is 0.804. The standard InChI is InChI=1S/C19H19N5O2/c1-12-15(13-5-3-2-4-6-13)26-17(22)19(12)14(11-20)16(21)23-18(19)24-7-9-25-10-8-24/h2-6,22H,7-10,21H2,1H3. The number of hydrogen-bond donors (Lipinski definition) is 2. The largest absolute Gasteiger partial charge is 0.441 e. The van der Waals surface area contributed by atoms with Gasteiger partial charge in [0.05, 0.1) is 18.8 Å². The van der Waals surface area contributed by atoms with Gasteiger partial charge in [0.15, 0.2) is 5.41 Å². The van der Waals surface area contributed by atoms with Crippen LogP contribution < -0.4 is 5.73 Å². The molecule has 4 rings (SSSR count). The number of ether oxygens (including phenoxy) is 2. The minimum atomic E-state index is -1.15. The highest BCUT2D eigenvalue weighted by Gasteiger charge is 2.59. The first-order valence-electron chi connectivity index (χ1n) is 8.46. The summed E-state index contributed by atoms with van der Waals surface area (Å²) in [7, 11) is 0. The van der Waals surface area contributed by atoms with Crippen LogP contribution >= 0.6 is 0 Å². The summed E-state index contributed by atoms with van der Waals surface area (Å²) in [5.74, 6) is 1.29. The molecule has 3 aliphatic heterocycles. The van der Waals surface area contributed by atoms with Crippen molar-refractivity contribution in [2.45, 2.75) is 6.92 Å². The summed E-state index contributed by atoms with van der Waals surface area (Å²) in [6.45, 7) is 4.29. The minimum absolute atomic E-state index is 0.0314. The average Bonchev–Trinajstić information content (AvgIpc) is 3.12. The molecule has 0 aromatic heterocycles. The predicted molar refractivity (Wildman–Crippen MR) is 96.9 cm³/mol. The van der Waals surface area contributed by atoms with E-state index in [1.54, 1.807) is 0 Å². The molecule has 7 nitrogen and oxygen atoms in total. The normalized spacial score (nSPS) is 25.6. The summed E-state index contributed by atoms with van der Waals surface area (Å²) < 4.78 is 11.3. The number of hydrogen-bond acceptors (Lipinski definition) is 7. The number of amidine groups is 1. The second-order valence-electron chi connectivity index (χ2n) is 6.41. The Hall–Kier alpha value is -3.11. The average molecular weight is 349 g/mol. The zero-order valence-corrected chi connectivity index (χ0v) is 14.5. The van der Waals surface area contributed by atoms with Crippen molar-refractivity contribution in [2.75, 3.05) is 26.3 Å². The fourth-order valence-electron chi connectivity index (χ4n) is 3.81. The fourth-order valence-corrected chi connectivity index (χ4v) is 3.81. The van der Waals surface area contributed by atoms with Gasteiger partial charge in [-0.3, -0.25) is 5.41 Å². The van der Waals surface area contributed by atoms with Crippen LogP contribution in [-0.2, 0) is 9.47 Å². The van der Waals surface area contributed by atoms with Crippen molar-refractivity contribution in [1.82, 2.24) is 4.90 Å². The number of morpholine rings is 1. The number of nitrogens with one attached hydrogen (secondary N) is 1. The van der Waals surface area contributed by atoms with E-state index in [-0.39, 0.29) is 17.3 Å². The van der Waals surface area contributed by atoms with Gasteiger partial charge in [0.1, 0.15) is 23.5 Å². The molecule has 132 valence electrons. The number of nitriles is 1. The van der Waals surface area contributed by atoms with Gasteiger partial charge < -0.3 is 20.1 Å². The highest BCUT2D eigenvalue weighted by atomic mass is 16.5. The Balaban J connectivity index is 1.90. The van der Waals surface area contributed by atoms with Crippen molar-refractivity contribution in [3.05, 3.63) is 52.9 Å². The molecule has 1 aromatic carbocycles. The summed E-state index contributed by atoms with van der Waals surface area (Å²) in [6.07, 6.45) is 0. The first kappa shape index (κ1) is 16.4. The molecule has 3 aliphatic rings. The van der Waals surface area contributed by atoms with E-state index < -0.39 is 5.41 Å². The van der Waals surface area contributed by atoms with Crippen LogP contribution in [0.15, 0.2) is 52.3 Å². The highest BCUT2D eigenvalue weighted by Crippen LogP contribution is 2.52. The topological polar surface area (TPSA) is 108 Å². The number of nitrogens with two attached hydrogens (primary N) is 1. The van der Waals surface area contributed by atoms with Gasteiger partial charge in [-0.05, 0) is 12.5 Å². The number of aliphatic imine (C=N–C) groups is 1. The van der Waals surface area contributed by atoms with Crippen LogP contribution in [0.5, 0.6) is 0 Å². The summed E-state index contributed by atoms with van der Waals surface area (Å²) in [6, 6.07) is 11.8. The van der Waals surface area contributed by atoms with Crippen LogP contribution in [0.4, 0.5) is 0 Å². The Kier molecular flexibility index (Phi) is 3.78. The van der Waals surface area contributed by atoms with Gasteiger partial charge in [0.25, 0.3) is 0 Å². The molecule has 26 heavy (non-hydrogen) atoms. The van der Waals surface area contributed by atoms with Gasteiger partial charge in [-0.25, -0.2) is 4.99 Å². The smallest absolute Gasteiger partial charge is 0.211 e.